The second-order valence-electron chi connectivity index (χ2n) is 9.08. The number of anilines is 1. The molecule has 1 amide bonds. The van der Waals surface area contributed by atoms with Crippen LogP contribution in [0.3, 0.4) is 0 Å². The Kier molecular flexibility index (Phi) is 6.95. The summed E-state index contributed by atoms with van der Waals surface area (Å²) >= 11 is 0. The van der Waals surface area contributed by atoms with E-state index in [1.165, 1.54) is 31.8 Å². The largest absolute Gasteiger partial charge is 0.490 e. The fraction of sp³-hybridized carbons (Fsp3) is 0.480. The van der Waals surface area contributed by atoms with E-state index < -0.39 is 10.0 Å². The number of carbonyl (C=O) groups is 1. The summed E-state index contributed by atoms with van der Waals surface area (Å²) in [7, 11) is -0.677. The Morgan fingerprint density at radius 3 is 2.21 bits per heavy atom. The third-order valence-corrected chi connectivity index (χ3v) is 8.33. The lowest BCUT2D eigenvalue weighted by Gasteiger charge is -2.36. The average molecular weight is 472 g/mol. The van der Waals surface area contributed by atoms with Gasteiger partial charge >= 0.3 is 0 Å². The Morgan fingerprint density at radius 2 is 1.61 bits per heavy atom. The van der Waals surface area contributed by atoms with Crippen LogP contribution in [0.1, 0.15) is 41.6 Å². The molecule has 2 fully saturated rings. The van der Waals surface area contributed by atoms with E-state index in [0.717, 1.165) is 48.8 Å². The Labute approximate surface area is 197 Å². The first-order valence-electron chi connectivity index (χ1n) is 11.6. The van der Waals surface area contributed by atoms with Crippen molar-refractivity contribution in [2.75, 3.05) is 45.2 Å². The Hall–Kier alpha value is -2.58. The molecular formula is C25H33N3O4S. The van der Waals surface area contributed by atoms with Crippen LogP contribution >= 0.6 is 0 Å². The summed E-state index contributed by atoms with van der Waals surface area (Å²) in [5.41, 5.74) is 2.69. The molecule has 4 rings (SSSR count). The summed E-state index contributed by atoms with van der Waals surface area (Å²) in [4.78, 5) is 17.7. The van der Waals surface area contributed by atoms with Crippen molar-refractivity contribution in [1.29, 1.82) is 0 Å². The molecule has 0 atom stereocenters. The summed E-state index contributed by atoms with van der Waals surface area (Å²) < 4.78 is 32.8. The fourth-order valence-corrected chi connectivity index (χ4v) is 5.36. The van der Waals surface area contributed by atoms with E-state index in [2.05, 4.69) is 36.1 Å². The molecule has 1 aliphatic carbocycles. The zero-order valence-corrected chi connectivity index (χ0v) is 20.5. The molecule has 1 saturated heterocycles. The average Bonchev–Trinajstić information content (AvgIpc) is 3.32. The third-order valence-electron chi connectivity index (χ3n) is 6.52. The van der Waals surface area contributed by atoms with Gasteiger partial charge in [0.05, 0.1) is 16.6 Å². The van der Waals surface area contributed by atoms with E-state index in [0.29, 0.717) is 24.4 Å². The van der Waals surface area contributed by atoms with Crippen LogP contribution in [0.2, 0.25) is 0 Å². The van der Waals surface area contributed by atoms with E-state index in [9.17, 15) is 13.2 Å². The Bertz CT molecular complexity index is 1090. The molecule has 33 heavy (non-hydrogen) atoms. The monoisotopic (exact) mass is 471 g/mol. The second-order valence-corrected chi connectivity index (χ2v) is 11.2. The number of hydrogen-bond donors (Lipinski definition) is 0. The van der Waals surface area contributed by atoms with Crippen molar-refractivity contribution < 1.29 is 17.9 Å². The van der Waals surface area contributed by atoms with Gasteiger partial charge in [0.15, 0.2) is 0 Å². The van der Waals surface area contributed by atoms with Gasteiger partial charge in [-0.2, -0.15) is 0 Å². The standard InChI is InChI=1S/C25H33N3O4S/c1-19-8-10-20(11-9-19)27-14-16-28(17-15-27)25(29)23-18-22(33(30,31)26(2)3)12-13-24(23)32-21-6-4-5-7-21/h8-13,18,21H,4-7,14-17H2,1-3H3. The second kappa shape index (κ2) is 9.73. The highest BCUT2D eigenvalue weighted by molar-refractivity contribution is 7.89. The van der Waals surface area contributed by atoms with Crippen LogP contribution in [0, 0.1) is 6.92 Å². The highest BCUT2D eigenvalue weighted by Gasteiger charge is 2.28. The molecule has 1 saturated carbocycles. The Balaban J connectivity index is 1.56. The van der Waals surface area contributed by atoms with Gasteiger partial charge in [-0.15, -0.1) is 0 Å². The van der Waals surface area contributed by atoms with E-state index in [1.54, 1.807) is 11.0 Å². The zero-order chi connectivity index (χ0) is 23.6. The van der Waals surface area contributed by atoms with E-state index in [1.807, 2.05) is 0 Å². The Morgan fingerprint density at radius 1 is 0.970 bits per heavy atom. The minimum atomic E-state index is -3.66. The summed E-state index contributed by atoms with van der Waals surface area (Å²) in [5, 5.41) is 0. The summed E-state index contributed by atoms with van der Waals surface area (Å²) in [5.74, 6) is 0.299. The number of amides is 1. The van der Waals surface area contributed by atoms with Gasteiger partial charge in [0.1, 0.15) is 5.75 Å². The minimum Gasteiger partial charge on any atom is -0.490 e. The lowest BCUT2D eigenvalue weighted by Crippen LogP contribution is -2.49. The molecule has 8 heteroatoms. The molecular weight excluding hydrogens is 438 g/mol. The smallest absolute Gasteiger partial charge is 0.257 e. The number of hydrogen-bond acceptors (Lipinski definition) is 5. The zero-order valence-electron chi connectivity index (χ0n) is 19.7. The number of piperazine rings is 1. The molecule has 0 bridgehead atoms. The lowest BCUT2D eigenvalue weighted by atomic mass is 10.1. The number of carbonyl (C=O) groups excluding carboxylic acids is 1. The normalized spacial score (nSPS) is 17.6. The first-order chi connectivity index (χ1) is 15.8. The molecule has 2 aromatic carbocycles. The molecule has 1 heterocycles. The number of nitrogens with zero attached hydrogens (tertiary/aromatic N) is 3. The molecule has 0 spiro atoms. The van der Waals surface area contributed by atoms with Crippen LogP contribution in [0.25, 0.3) is 0 Å². The molecule has 1 aliphatic heterocycles. The highest BCUT2D eigenvalue weighted by atomic mass is 32.2. The molecule has 178 valence electrons. The molecule has 7 nitrogen and oxygen atoms in total. The maximum Gasteiger partial charge on any atom is 0.257 e. The van der Waals surface area contributed by atoms with Gasteiger partial charge < -0.3 is 14.5 Å². The molecule has 2 aromatic rings. The van der Waals surface area contributed by atoms with Crippen LogP contribution in [0.15, 0.2) is 47.4 Å². The van der Waals surface area contributed by atoms with Crippen molar-refractivity contribution in [2.45, 2.75) is 43.6 Å². The van der Waals surface area contributed by atoms with Gasteiger partial charge in [-0.05, 0) is 62.9 Å². The van der Waals surface area contributed by atoms with Crippen molar-refractivity contribution in [3.8, 4) is 5.75 Å². The maximum absolute atomic E-state index is 13.6. The van der Waals surface area contributed by atoms with Crippen molar-refractivity contribution >= 4 is 21.6 Å². The minimum absolute atomic E-state index is 0.0752. The maximum atomic E-state index is 13.6. The van der Waals surface area contributed by atoms with E-state index in [-0.39, 0.29) is 16.9 Å². The summed E-state index contributed by atoms with van der Waals surface area (Å²) in [6.45, 7) is 4.66. The third kappa shape index (κ3) is 5.17. The molecule has 0 N–H and O–H groups in total. The summed E-state index contributed by atoms with van der Waals surface area (Å²) in [6, 6.07) is 13.1. The van der Waals surface area contributed by atoms with Gasteiger partial charge in [-0.3, -0.25) is 4.79 Å². The van der Waals surface area contributed by atoms with Crippen molar-refractivity contribution in [3.63, 3.8) is 0 Å². The predicted molar refractivity (Wildman–Crippen MR) is 129 cm³/mol. The van der Waals surface area contributed by atoms with Crippen molar-refractivity contribution in [3.05, 3.63) is 53.6 Å². The SMILES string of the molecule is Cc1ccc(N2CCN(C(=O)c3cc(S(=O)(=O)N(C)C)ccc3OC3CCCC3)CC2)cc1. The molecule has 0 aromatic heterocycles. The first kappa shape index (κ1) is 23.6. The first-order valence-corrected chi connectivity index (χ1v) is 13.0. The van der Waals surface area contributed by atoms with Gasteiger partial charge in [-0.25, -0.2) is 12.7 Å². The topological polar surface area (TPSA) is 70.2 Å². The predicted octanol–water partition coefficient (Wildman–Crippen LogP) is 3.53. The highest BCUT2D eigenvalue weighted by Crippen LogP contribution is 2.30. The van der Waals surface area contributed by atoms with Crippen molar-refractivity contribution in [1.82, 2.24) is 9.21 Å². The van der Waals surface area contributed by atoms with Crippen LogP contribution in [0.4, 0.5) is 5.69 Å². The van der Waals surface area contributed by atoms with E-state index >= 15 is 0 Å². The molecule has 0 unspecified atom stereocenters. The van der Waals surface area contributed by atoms with Crippen LogP contribution in [-0.2, 0) is 10.0 Å². The fourth-order valence-electron chi connectivity index (χ4n) is 4.43. The van der Waals surface area contributed by atoms with Crippen LogP contribution in [-0.4, -0.2) is 69.9 Å². The summed E-state index contributed by atoms with van der Waals surface area (Å²) in [6.07, 6.45) is 4.22. The van der Waals surface area contributed by atoms with Gasteiger partial charge in [0.2, 0.25) is 10.0 Å². The quantitative estimate of drug-likeness (QED) is 0.645. The lowest BCUT2D eigenvalue weighted by molar-refractivity contribution is 0.0739. The van der Waals surface area contributed by atoms with Crippen molar-refractivity contribution in [2.24, 2.45) is 0 Å². The van der Waals surface area contributed by atoms with Gasteiger partial charge in [-0.1, -0.05) is 17.7 Å². The molecule has 2 aliphatic rings. The van der Waals surface area contributed by atoms with E-state index in [4.69, 9.17) is 4.74 Å². The van der Waals surface area contributed by atoms with Gasteiger partial charge in [0.25, 0.3) is 5.91 Å². The number of ether oxygens (including phenoxy) is 1. The van der Waals surface area contributed by atoms with Crippen LogP contribution in [0.5, 0.6) is 5.75 Å². The number of sulfonamides is 1. The van der Waals surface area contributed by atoms with Gasteiger partial charge in [0, 0.05) is 46.0 Å². The number of benzene rings is 2. The molecule has 0 radical (unpaired) electrons. The number of rotatable bonds is 6. The van der Waals surface area contributed by atoms with Crippen LogP contribution < -0.4 is 9.64 Å². The number of aryl methyl sites for hydroxylation is 1.